The van der Waals surface area contributed by atoms with Crippen LogP contribution in [0.3, 0.4) is 0 Å². The number of aliphatic imine (C=N–C) groups is 1. The minimum Gasteiger partial charge on any atom is -0.495 e. The van der Waals surface area contributed by atoms with Gasteiger partial charge in [-0.2, -0.15) is 0 Å². The second-order valence-electron chi connectivity index (χ2n) is 7.98. The summed E-state index contributed by atoms with van der Waals surface area (Å²) in [7, 11) is 0. The van der Waals surface area contributed by atoms with E-state index in [9.17, 15) is 4.79 Å². The lowest BCUT2D eigenvalue weighted by Crippen LogP contribution is -2.24. The van der Waals surface area contributed by atoms with Gasteiger partial charge in [0.25, 0.3) is 5.91 Å². The van der Waals surface area contributed by atoms with Crippen molar-refractivity contribution in [3.8, 4) is 0 Å². The largest absolute Gasteiger partial charge is 0.495 e. The molecule has 0 saturated heterocycles. The molecule has 0 aliphatic heterocycles. The van der Waals surface area contributed by atoms with Gasteiger partial charge in [-0.25, -0.2) is 4.99 Å². The summed E-state index contributed by atoms with van der Waals surface area (Å²) in [5.41, 5.74) is 2.00. The average Bonchev–Trinajstić information content (AvgIpc) is 2.74. The first-order chi connectivity index (χ1) is 15.7. The van der Waals surface area contributed by atoms with Gasteiger partial charge in [-0.3, -0.25) is 4.79 Å². The van der Waals surface area contributed by atoms with Crippen molar-refractivity contribution in [1.29, 1.82) is 0 Å². The first kappa shape index (κ1) is 32.9. The Hall–Kier alpha value is -2.30. The Kier molecular flexibility index (Phi) is 20.2. The van der Waals surface area contributed by atoms with E-state index in [1.165, 1.54) is 0 Å². The molecule has 0 rings (SSSR count). The molecule has 190 valence electrons. The predicted octanol–water partition coefficient (Wildman–Crippen LogP) is 8.01. The van der Waals surface area contributed by atoms with Crippen LogP contribution in [-0.4, -0.2) is 24.0 Å². The Bertz CT molecular complexity index is 687. The highest BCUT2D eigenvalue weighted by atomic mass is 16.5. The van der Waals surface area contributed by atoms with Gasteiger partial charge >= 0.3 is 0 Å². The number of allylic oxidation sites excluding steroid dienone is 4. The normalized spacial score (nSPS) is 14.6. The molecule has 0 fully saturated rings. The van der Waals surface area contributed by atoms with Crippen LogP contribution in [0.25, 0.3) is 0 Å². The van der Waals surface area contributed by atoms with E-state index in [1.54, 1.807) is 6.08 Å². The van der Waals surface area contributed by atoms with E-state index in [4.69, 9.17) is 9.47 Å². The minimum absolute atomic E-state index is 0.0259. The molecule has 33 heavy (non-hydrogen) atoms. The molecule has 0 radical (unpaired) electrons. The van der Waals surface area contributed by atoms with Crippen molar-refractivity contribution < 1.29 is 14.3 Å². The van der Waals surface area contributed by atoms with E-state index in [2.05, 4.69) is 37.7 Å². The fourth-order valence-electron chi connectivity index (χ4n) is 3.10. The first-order valence-electron chi connectivity index (χ1n) is 12.6. The highest BCUT2D eigenvalue weighted by Crippen LogP contribution is 2.13. The molecule has 0 aliphatic rings. The van der Waals surface area contributed by atoms with Crippen LogP contribution < -0.4 is 5.32 Å². The Morgan fingerprint density at radius 3 is 2.03 bits per heavy atom. The Morgan fingerprint density at radius 1 is 1.00 bits per heavy atom. The first-order valence-corrected chi connectivity index (χ1v) is 12.6. The number of rotatable bonds is 14. The van der Waals surface area contributed by atoms with Crippen LogP contribution in [0.4, 0.5) is 0 Å². The number of carbonyl (C=O) groups is 1. The lowest BCUT2D eigenvalue weighted by molar-refractivity contribution is -0.116. The zero-order chi connectivity index (χ0) is 25.8. The molecule has 0 heterocycles. The summed E-state index contributed by atoms with van der Waals surface area (Å²) in [6.45, 7) is 24.1. The minimum atomic E-state index is -0.348. The van der Waals surface area contributed by atoms with Crippen LogP contribution >= 0.6 is 0 Å². The van der Waals surface area contributed by atoms with Gasteiger partial charge in [-0.1, -0.05) is 66.5 Å². The SMILES string of the molecule is C=C(N=C(/C=C(\C)OC(C)CCC)OC(C)CCC)C(=O)NC(/C=C\C)=C(C)CCC.CC. The van der Waals surface area contributed by atoms with Crippen LogP contribution in [0.2, 0.25) is 0 Å². The molecule has 2 atom stereocenters. The zero-order valence-corrected chi connectivity index (χ0v) is 23.0. The third-order valence-electron chi connectivity index (χ3n) is 4.60. The van der Waals surface area contributed by atoms with E-state index in [0.29, 0.717) is 11.7 Å². The topological polar surface area (TPSA) is 59.9 Å². The van der Waals surface area contributed by atoms with Gasteiger partial charge < -0.3 is 14.8 Å². The van der Waals surface area contributed by atoms with Gasteiger partial charge in [0.15, 0.2) is 0 Å². The molecule has 1 N–H and O–H groups in total. The maximum Gasteiger partial charge on any atom is 0.273 e. The quantitative estimate of drug-likeness (QED) is 0.0935. The van der Waals surface area contributed by atoms with E-state index in [0.717, 1.165) is 49.8 Å². The number of ether oxygens (including phenoxy) is 2. The van der Waals surface area contributed by atoms with E-state index >= 15 is 0 Å². The monoisotopic (exact) mass is 462 g/mol. The number of hydrogen-bond donors (Lipinski definition) is 1. The Balaban J connectivity index is 0. The van der Waals surface area contributed by atoms with Crippen LogP contribution in [0.15, 0.2) is 52.5 Å². The lowest BCUT2D eigenvalue weighted by atomic mass is 10.1. The number of nitrogens with one attached hydrogen (secondary N) is 1. The number of nitrogens with zero attached hydrogens (tertiary/aromatic N) is 1. The second kappa shape index (κ2) is 20.3. The summed E-state index contributed by atoms with van der Waals surface area (Å²) < 4.78 is 11.9. The standard InChI is InChI=1S/C26H44N2O3.C2H6/c1-10-14-19(5)24(17-13-4)28-26(29)23(9)27-25(31-21(7)16-12-3)18-22(8)30-20(6)15-11-2;1-2/h13,17-18,20-21H,9-12,14-16H2,1-8H3,(H,28,29);1-2H3/b17-13-,22-18+,24-19?,27-25?;. The lowest BCUT2D eigenvalue weighted by Gasteiger charge is -2.17. The van der Waals surface area contributed by atoms with Crippen LogP contribution in [-0.2, 0) is 14.3 Å². The van der Waals surface area contributed by atoms with E-state index in [-0.39, 0.29) is 23.8 Å². The highest BCUT2D eigenvalue weighted by molar-refractivity contribution is 5.98. The fraction of sp³-hybridized carbons (Fsp3) is 0.643. The summed E-state index contributed by atoms with van der Waals surface area (Å²) in [4.78, 5) is 17.1. The smallest absolute Gasteiger partial charge is 0.273 e. The summed E-state index contributed by atoms with van der Waals surface area (Å²) in [6, 6.07) is 0. The summed E-state index contributed by atoms with van der Waals surface area (Å²) in [5, 5.41) is 2.93. The van der Waals surface area contributed by atoms with Gasteiger partial charge in [0.2, 0.25) is 5.90 Å². The maximum absolute atomic E-state index is 12.7. The second-order valence-corrected chi connectivity index (χ2v) is 7.98. The molecule has 0 aromatic heterocycles. The van der Waals surface area contributed by atoms with Crippen LogP contribution in [0, 0.1) is 0 Å². The van der Waals surface area contributed by atoms with Gasteiger partial charge in [-0.05, 0) is 65.5 Å². The van der Waals surface area contributed by atoms with Crippen molar-refractivity contribution in [3.05, 3.63) is 47.5 Å². The van der Waals surface area contributed by atoms with Crippen molar-refractivity contribution in [2.24, 2.45) is 4.99 Å². The number of amides is 1. The third kappa shape index (κ3) is 16.0. The van der Waals surface area contributed by atoms with Crippen molar-refractivity contribution in [2.75, 3.05) is 0 Å². The van der Waals surface area contributed by atoms with Crippen molar-refractivity contribution >= 4 is 11.8 Å². The Labute approximate surface area is 204 Å². The predicted molar refractivity (Wildman–Crippen MR) is 143 cm³/mol. The molecule has 0 saturated carbocycles. The van der Waals surface area contributed by atoms with Crippen LogP contribution in [0.5, 0.6) is 0 Å². The molecule has 2 unspecified atom stereocenters. The summed E-state index contributed by atoms with van der Waals surface area (Å²) in [6.07, 6.45) is 11.5. The molecule has 1 amide bonds. The van der Waals surface area contributed by atoms with Gasteiger partial charge in [-0.15, -0.1) is 0 Å². The summed E-state index contributed by atoms with van der Waals surface area (Å²) >= 11 is 0. The molecule has 0 spiro atoms. The number of hydrogen-bond acceptors (Lipinski definition) is 4. The van der Waals surface area contributed by atoms with Gasteiger partial charge in [0.05, 0.1) is 18.0 Å². The van der Waals surface area contributed by atoms with Gasteiger partial charge in [0, 0.05) is 11.8 Å². The third-order valence-corrected chi connectivity index (χ3v) is 4.60. The molecule has 0 aromatic carbocycles. The molecule has 5 nitrogen and oxygen atoms in total. The average molecular weight is 463 g/mol. The van der Waals surface area contributed by atoms with E-state index < -0.39 is 0 Å². The highest BCUT2D eigenvalue weighted by Gasteiger charge is 2.13. The molecule has 0 bridgehead atoms. The van der Waals surface area contributed by atoms with E-state index in [1.807, 2.05) is 60.6 Å². The van der Waals surface area contributed by atoms with Crippen LogP contribution in [0.1, 0.15) is 108 Å². The Morgan fingerprint density at radius 2 is 1.55 bits per heavy atom. The number of carbonyl (C=O) groups excluding carboxylic acids is 1. The zero-order valence-electron chi connectivity index (χ0n) is 23.0. The molecule has 0 aromatic rings. The fourth-order valence-corrected chi connectivity index (χ4v) is 3.10. The molecule has 0 aliphatic carbocycles. The maximum atomic E-state index is 12.7. The molecular formula is C28H50N2O3. The van der Waals surface area contributed by atoms with Crippen molar-refractivity contribution in [1.82, 2.24) is 5.32 Å². The van der Waals surface area contributed by atoms with Crippen molar-refractivity contribution in [2.45, 2.75) is 120 Å². The van der Waals surface area contributed by atoms with Crippen molar-refractivity contribution in [3.63, 3.8) is 0 Å². The van der Waals surface area contributed by atoms with Gasteiger partial charge in [0.1, 0.15) is 5.70 Å². The molecule has 5 heteroatoms. The molecular weight excluding hydrogens is 412 g/mol. The summed E-state index contributed by atoms with van der Waals surface area (Å²) in [5.74, 6) is 0.688.